The smallest absolute Gasteiger partial charge is 0.240 e. The minimum absolute atomic E-state index is 0.00476. The molecule has 2 aromatic rings. The lowest BCUT2D eigenvalue weighted by Crippen LogP contribution is -2.38. The summed E-state index contributed by atoms with van der Waals surface area (Å²) in [7, 11) is -8.09. The lowest BCUT2D eigenvalue weighted by atomic mass is 10.2. The van der Waals surface area contributed by atoms with Gasteiger partial charge in [0.2, 0.25) is 19.9 Å². The number of nitrogens with zero attached hydrogens (tertiary/aromatic N) is 1. The number of aryl methyl sites for hydroxylation is 1. The molecule has 0 atom stereocenters. The summed E-state index contributed by atoms with van der Waals surface area (Å²) in [5.74, 6) is -0.704. The van der Waals surface area contributed by atoms with Gasteiger partial charge in [0, 0.05) is 19.6 Å². The number of morpholine rings is 1. The molecule has 0 spiro atoms. The molecule has 0 aromatic heterocycles. The molecule has 0 bridgehead atoms. The van der Waals surface area contributed by atoms with Crippen LogP contribution in [0.2, 0.25) is 0 Å². The summed E-state index contributed by atoms with van der Waals surface area (Å²) in [4.78, 5) is 1.42. The number of hydrogen-bond donors (Lipinski definition) is 1. The average Bonchev–Trinajstić information content (AvgIpc) is 2.72. The summed E-state index contributed by atoms with van der Waals surface area (Å²) in [6.07, 6.45) is 0.608. The van der Waals surface area contributed by atoms with E-state index in [4.69, 9.17) is 9.47 Å². The Bertz CT molecular complexity index is 1210. The molecule has 0 amide bonds. The second-order valence-electron chi connectivity index (χ2n) is 7.47. The maximum Gasteiger partial charge on any atom is 0.240 e. The molecule has 11 heteroatoms. The Hall–Kier alpha value is -2.05. The van der Waals surface area contributed by atoms with Gasteiger partial charge < -0.3 is 9.47 Å². The minimum Gasteiger partial charge on any atom is -0.455 e. The highest BCUT2D eigenvalue weighted by Crippen LogP contribution is 2.44. The van der Waals surface area contributed by atoms with Crippen molar-refractivity contribution in [3.05, 3.63) is 41.7 Å². The Morgan fingerprint density at radius 3 is 2.55 bits per heavy atom. The Morgan fingerprint density at radius 1 is 1.10 bits per heavy atom. The van der Waals surface area contributed by atoms with E-state index >= 15 is 0 Å². The third-order valence-corrected chi connectivity index (χ3v) is 8.68. The number of rotatable bonds is 6. The van der Waals surface area contributed by atoms with Gasteiger partial charge in [-0.25, -0.2) is 25.9 Å². The second-order valence-corrected chi connectivity index (χ2v) is 11.1. The number of fused-ring (bicyclic) bond motifs is 2. The number of benzene rings is 2. The molecule has 0 radical (unpaired) electrons. The predicted molar refractivity (Wildman–Crippen MR) is 110 cm³/mol. The van der Waals surface area contributed by atoms with Crippen molar-refractivity contribution in [2.24, 2.45) is 0 Å². The monoisotopic (exact) mass is 470 g/mol. The largest absolute Gasteiger partial charge is 0.455 e. The van der Waals surface area contributed by atoms with Crippen LogP contribution in [0.5, 0.6) is 11.5 Å². The van der Waals surface area contributed by atoms with E-state index in [9.17, 15) is 21.2 Å². The zero-order valence-corrected chi connectivity index (χ0v) is 18.6. The van der Waals surface area contributed by atoms with Crippen LogP contribution in [-0.2, 0) is 24.6 Å². The van der Waals surface area contributed by atoms with E-state index in [2.05, 4.69) is 9.62 Å². The summed E-state index contributed by atoms with van der Waals surface area (Å²) in [5, 5.41) is 0. The summed E-state index contributed by atoms with van der Waals surface area (Å²) in [5.41, 5.74) is 0.347. The van der Waals surface area contributed by atoms with E-state index in [0.29, 0.717) is 25.2 Å². The SMILES string of the molecule is Cc1cc2c(cc1S(=O)(=O)NCCCN1CCOCC1)S(=O)(=O)c1cc(F)ccc1O2. The number of sulfonamides is 1. The normalized spacial score (nSPS) is 18.1. The molecule has 0 saturated carbocycles. The number of sulfone groups is 1. The zero-order valence-electron chi connectivity index (χ0n) is 16.9. The summed E-state index contributed by atoms with van der Waals surface area (Å²) < 4.78 is 78.8. The molecular formula is C20H23FN2O6S2. The van der Waals surface area contributed by atoms with Crippen LogP contribution >= 0.6 is 0 Å². The quantitative estimate of drug-likeness (QED) is 0.550. The van der Waals surface area contributed by atoms with Crippen LogP contribution in [0.1, 0.15) is 12.0 Å². The van der Waals surface area contributed by atoms with Gasteiger partial charge in [0.05, 0.1) is 18.1 Å². The summed E-state index contributed by atoms with van der Waals surface area (Å²) in [6.45, 7) is 5.49. The maximum absolute atomic E-state index is 13.6. The van der Waals surface area contributed by atoms with Crippen LogP contribution in [-0.4, -0.2) is 61.1 Å². The topological polar surface area (TPSA) is 102 Å². The van der Waals surface area contributed by atoms with Crippen LogP contribution in [0.25, 0.3) is 0 Å². The summed E-state index contributed by atoms with van der Waals surface area (Å²) >= 11 is 0. The minimum atomic E-state index is -4.14. The number of ether oxygens (including phenoxy) is 2. The van der Waals surface area contributed by atoms with Crippen LogP contribution < -0.4 is 9.46 Å². The lowest BCUT2D eigenvalue weighted by Gasteiger charge is -2.26. The van der Waals surface area contributed by atoms with Gasteiger partial charge in [0.15, 0.2) is 0 Å². The van der Waals surface area contributed by atoms with Crippen molar-refractivity contribution in [1.29, 1.82) is 0 Å². The first-order chi connectivity index (χ1) is 14.7. The van der Waals surface area contributed by atoms with Gasteiger partial charge in [0.25, 0.3) is 0 Å². The maximum atomic E-state index is 13.6. The molecule has 168 valence electrons. The average molecular weight is 471 g/mol. The van der Waals surface area contributed by atoms with Crippen LogP contribution in [0, 0.1) is 12.7 Å². The summed E-state index contributed by atoms with van der Waals surface area (Å²) in [6, 6.07) is 5.66. The molecule has 31 heavy (non-hydrogen) atoms. The first-order valence-electron chi connectivity index (χ1n) is 9.85. The van der Waals surface area contributed by atoms with Crippen molar-refractivity contribution in [2.45, 2.75) is 28.0 Å². The molecule has 0 unspecified atom stereocenters. The Morgan fingerprint density at radius 2 is 1.81 bits per heavy atom. The Kier molecular flexibility index (Phi) is 6.05. The molecule has 2 aromatic carbocycles. The van der Waals surface area contributed by atoms with Crippen molar-refractivity contribution in [1.82, 2.24) is 9.62 Å². The molecule has 0 aliphatic carbocycles. The van der Waals surface area contributed by atoms with Crippen molar-refractivity contribution in [3.63, 3.8) is 0 Å². The first kappa shape index (κ1) is 22.2. The molecule has 1 fully saturated rings. The Labute approximate surface area is 180 Å². The van der Waals surface area contributed by atoms with Gasteiger partial charge >= 0.3 is 0 Å². The van der Waals surface area contributed by atoms with Gasteiger partial charge in [-0.15, -0.1) is 0 Å². The molecule has 2 heterocycles. The van der Waals surface area contributed by atoms with E-state index in [-0.39, 0.29) is 32.7 Å². The molecule has 2 aliphatic heterocycles. The molecule has 1 N–H and O–H groups in total. The van der Waals surface area contributed by atoms with E-state index in [1.807, 2.05) is 0 Å². The van der Waals surface area contributed by atoms with Crippen molar-refractivity contribution in [3.8, 4) is 11.5 Å². The molecule has 8 nitrogen and oxygen atoms in total. The van der Waals surface area contributed by atoms with E-state index < -0.39 is 25.7 Å². The van der Waals surface area contributed by atoms with Gasteiger partial charge in [-0.2, -0.15) is 0 Å². The fraction of sp³-hybridized carbons (Fsp3) is 0.400. The molecular weight excluding hydrogens is 447 g/mol. The third-order valence-electron chi connectivity index (χ3n) is 5.28. The molecule has 2 aliphatic rings. The number of halogens is 1. The lowest BCUT2D eigenvalue weighted by molar-refractivity contribution is 0.0376. The number of nitrogens with one attached hydrogen (secondary N) is 1. The standard InChI is InChI=1S/C20H23FN2O6S2/c1-14-11-17-20(30(24,25)19-12-15(21)3-4-16(19)29-17)13-18(14)31(26,27)22-5-2-6-23-7-9-28-10-8-23/h3-4,11-13,22H,2,5-10H2,1H3. The third kappa shape index (κ3) is 4.46. The highest BCUT2D eigenvalue weighted by molar-refractivity contribution is 7.92. The molecule has 4 rings (SSSR count). The molecule has 1 saturated heterocycles. The highest BCUT2D eigenvalue weighted by Gasteiger charge is 2.34. The van der Waals surface area contributed by atoms with Crippen molar-refractivity contribution >= 4 is 19.9 Å². The zero-order chi connectivity index (χ0) is 22.2. The fourth-order valence-electron chi connectivity index (χ4n) is 3.65. The van der Waals surface area contributed by atoms with Crippen molar-refractivity contribution in [2.75, 3.05) is 39.4 Å². The predicted octanol–water partition coefficient (Wildman–Crippen LogP) is 2.07. The van der Waals surface area contributed by atoms with E-state index in [0.717, 1.165) is 37.8 Å². The number of hydrogen-bond acceptors (Lipinski definition) is 7. The van der Waals surface area contributed by atoms with E-state index in [1.54, 1.807) is 6.92 Å². The van der Waals surface area contributed by atoms with E-state index in [1.165, 1.54) is 12.1 Å². The second kappa shape index (κ2) is 8.47. The van der Waals surface area contributed by atoms with Crippen molar-refractivity contribution < 1.29 is 30.7 Å². The fourth-order valence-corrected chi connectivity index (χ4v) is 6.56. The first-order valence-corrected chi connectivity index (χ1v) is 12.8. The van der Waals surface area contributed by atoms with Gasteiger partial charge in [-0.1, -0.05) is 0 Å². The van der Waals surface area contributed by atoms with Gasteiger partial charge in [0.1, 0.15) is 27.1 Å². The van der Waals surface area contributed by atoms with Gasteiger partial charge in [-0.05, 0) is 55.8 Å². The van der Waals surface area contributed by atoms with Gasteiger partial charge in [-0.3, -0.25) is 4.90 Å². The van der Waals surface area contributed by atoms with Crippen LogP contribution in [0.15, 0.2) is 45.0 Å². The van der Waals surface area contributed by atoms with Crippen LogP contribution in [0.3, 0.4) is 0 Å². The highest BCUT2D eigenvalue weighted by atomic mass is 32.2. The van der Waals surface area contributed by atoms with Crippen LogP contribution in [0.4, 0.5) is 4.39 Å². The Balaban J connectivity index is 1.55.